The van der Waals surface area contributed by atoms with Gasteiger partial charge in [-0.15, -0.1) is 5.10 Å². The topological polar surface area (TPSA) is 108 Å². The van der Waals surface area contributed by atoms with Crippen LogP contribution in [0, 0.1) is 5.82 Å². The highest BCUT2D eigenvalue weighted by molar-refractivity contribution is 6.01. The van der Waals surface area contributed by atoms with Gasteiger partial charge < -0.3 is 25.7 Å². The molecule has 1 amide bonds. The Kier molecular flexibility index (Phi) is 8.14. The Morgan fingerprint density at radius 1 is 1.25 bits per heavy atom. The van der Waals surface area contributed by atoms with Crippen LogP contribution in [0.1, 0.15) is 37.3 Å². The second kappa shape index (κ2) is 11.7. The van der Waals surface area contributed by atoms with Crippen molar-refractivity contribution in [3.8, 4) is 0 Å². The van der Waals surface area contributed by atoms with Gasteiger partial charge in [-0.3, -0.25) is 4.79 Å². The van der Waals surface area contributed by atoms with Gasteiger partial charge in [0.2, 0.25) is 11.9 Å². The molecule has 1 saturated heterocycles. The van der Waals surface area contributed by atoms with E-state index < -0.39 is 0 Å². The van der Waals surface area contributed by atoms with Crippen molar-refractivity contribution in [2.24, 2.45) is 21.1 Å². The van der Waals surface area contributed by atoms with Crippen molar-refractivity contribution in [1.82, 2.24) is 10.2 Å². The number of carbonyl (C=O) groups is 1. The van der Waals surface area contributed by atoms with Gasteiger partial charge in [-0.1, -0.05) is 48.5 Å². The summed E-state index contributed by atoms with van der Waals surface area (Å²) in [5.41, 5.74) is 9.20. The zero-order chi connectivity index (χ0) is 25.5. The average Bonchev–Trinajstić information content (AvgIpc) is 3.37. The molecule has 0 aliphatic carbocycles. The summed E-state index contributed by atoms with van der Waals surface area (Å²) in [6.07, 6.45) is 2.05. The SMILES string of the molecule is CC(=O)NCC1CC(c2ccc(N3CCN(/C(N)=N/N=C\C(C)c4ccccc4)CC3)c(F)c2)=NO1. The number of rotatable bonds is 7. The van der Waals surface area contributed by atoms with Gasteiger partial charge in [0.1, 0.15) is 11.9 Å². The number of hydrogen-bond donors (Lipinski definition) is 2. The highest BCUT2D eigenvalue weighted by Gasteiger charge is 2.25. The molecular formula is C26H32FN7O2. The third-order valence-electron chi connectivity index (χ3n) is 6.31. The van der Waals surface area contributed by atoms with Crippen LogP contribution in [0.2, 0.25) is 0 Å². The van der Waals surface area contributed by atoms with Crippen LogP contribution in [0.3, 0.4) is 0 Å². The maximum absolute atomic E-state index is 15.0. The summed E-state index contributed by atoms with van der Waals surface area (Å²) in [7, 11) is 0. The number of halogens is 1. The van der Waals surface area contributed by atoms with Crippen LogP contribution in [-0.2, 0) is 9.63 Å². The molecule has 2 aliphatic rings. The van der Waals surface area contributed by atoms with E-state index >= 15 is 4.39 Å². The number of guanidine groups is 1. The maximum atomic E-state index is 15.0. The molecule has 2 aliphatic heterocycles. The molecule has 2 heterocycles. The van der Waals surface area contributed by atoms with Crippen LogP contribution in [0.15, 0.2) is 63.9 Å². The van der Waals surface area contributed by atoms with Gasteiger partial charge in [-0.05, 0) is 17.7 Å². The third kappa shape index (κ3) is 6.38. The number of hydrogen-bond acceptors (Lipinski definition) is 6. The lowest BCUT2D eigenvalue weighted by molar-refractivity contribution is -0.119. The van der Waals surface area contributed by atoms with Gasteiger partial charge in [0, 0.05) is 57.2 Å². The number of oxime groups is 1. The normalized spacial score (nSPS) is 19.2. The standard InChI is InChI=1S/C26H32FN7O2/c1-18(20-6-4-3-5-7-20)16-30-31-26(28)34-12-10-33(11-13-34)25-9-8-21(14-23(25)27)24-15-22(36-32-24)17-29-19(2)35/h3-9,14,16,18,22H,10-13,15,17H2,1-2H3,(H2,28,31)(H,29,35)/b30-16-. The van der Waals surface area contributed by atoms with Crippen molar-refractivity contribution in [3.05, 3.63) is 65.5 Å². The van der Waals surface area contributed by atoms with E-state index in [1.54, 1.807) is 12.3 Å². The molecule has 10 heteroatoms. The summed E-state index contributed by atoms with van der Waals surface area (Å²) >= 11 is 0. The van der Waals surface area contributed by atoms with E-state index in [9.17, 15) is 4.79 Å². The van der Waals surface area contributed by atoms with Crippen molar-refractivity contribution < 1.29 is 14.0 Å². The summed E-state index contributed by atoms with van der Waals surface area (Å²) in [6, 6.07) is 15.2. The number of anilines is 1. The minimum atomic E-state index is -0.310. The van der Waals surface area contributed by atoms with Gasteiger partial charge in [0.05, 0.1) is 17.9 Å². The Bertz CT molecular complexity index is 1140. The molecule has 2 atom stereocenters. The van der Waals surface area contributed by atoms with Crippen LogP contribution < -0.4 is 16.0 Å². The molecular weight excluding hydrogens is 461 g/mol. The van der Waals surface area contributed by atoms with E-state index in [1.165, 1.54) is 13.0 Å². The summed E-state index contributed by atoms with van der Waals surface area (Å²) in [5, 5.41) is 15.1. The number of piperazine rings is 1. The van der Waals surface area contributed by atoms with Crippen molar-refractivity contribution in [2.75, 3.05) is 37.6 Å². The highest BCUT2D eigenvalue weighted by atomic mass is 19.1. The molecule has 0 spiro atoms. The number of nitrogens with one attached hydrogen (secondary N) is 1. The van der Waals surface area contributed by atoms with Crippen molar-refractivity contribution in [2.45, 2.75) is 32.3 Å². The molecule has 4 rings (SSSR count). The lowest BCUT2D eigenvalue weighted by Crippen LogP contribution is -2.51. The molecule has 0 saturated carbocycles. The Labute approximate surface area is 210 Å². The molecule has 190 valence electrons. The molecule has 9 nitrogen and oxygen atoms in total. The highest BCUT2D eigenvalue weighted by Crippen LogP contribution is 2.25. The minimum absolute atomic E-state index is 0.124. The van der Waals surface area contributed by atoms with E-state index in [4.69, 9.17) is 10.6 Å². The number of amides is 1. The van der Waals surface area contributed by atoms with Crippen LogP contribution >= 0.6 is 0 Å². The molecule has 2 unspecified atom stereocenters. The zero-order valence-corrected chi connectivity index (χ0v) is 20.6. The fourth-order valence-electron chi connectivity index (χ4n) is 4.18. The second-order valence-electron chi connectivity index (χ2n) is 8.97. The lowest BCUT2D eigenvalue weighted by Gasteiger charge is -2.36. The summed E-state index contributed by atoms with van der Waals surface area (Å²) < 4.78 is 15.0. The Morgan fingerprint density at radius 2 is 2.00 bits per heavy atom. The molecule has 2 aromatic carbocycles. The first-order valence-electron chi connectivity index (χ1n) is 12.1. The maximum Gasteiger partial charge on any atom is 0.217 e. The fourth-order valence-corrected chi connectivity index (χ4v) is 4.18. The van der Waals surface area contributed by atoms with Crippen LogP contribution in [-0.4, -0.2) is 67.5 Å². The van der Waals surface area contributed by atoms with Gasteiger partial charge >= 0.3 is 0 Å². The van der Waals surface area contributed by atoms with Crippen LogP contribution in [0.5, 0.6) is 0 Å². The Morgan fingerprint density at radius 3 is 2.69 bits per heavy atom. The Balaban J connectivity index is 1.29. The lowest BCUT2D eigenvalue weighted by atomic mass is 10.0. The molecule has 0 bridgehead atoms. The monoisotopic (exact) mass is 493 g/mol. The van der Waals surface area contributed by atoms with Crippen molar-refractivity contribution in [3.63, 3.8) is 0 Å². The van der Waals surface area contributed by atoms with E-state index in [0.29, 0.717) is 62.1 Å². The largest absolute Gasteiger partial charge is 0.390 e. The van der Waals surface area contributed by atoms with E-state index in [0.717, 1.165) is 5.56 Å². The minimum Gasteiger partial charge on any atom is -0.390 e. The van der Waals surface area contributed by atoms with Crippen LogP contribution in [0.25, 0.3) is 0 Å². The van der Waals surface area contributed by atoms with E-state index in [1.807, 2.05) is 34.1 Å². The van der Waals surface area contributed by atoms with Gasteiger partial charge in [-0.2, -0.15) is 5.10 Å². The van der Waals surface area contributed by atoms with Crippen molar-refractivity contribution >= 4 is 29.5 Å². The first-order chi connectivity index (χ1) is 17.4. The van der Waals surface area contributed by atoms with Gasteiger partial charge in [0.15, 0.2) is 0 Å². The predicted octanol–water partition coefficient (Wildman–Crippen LogP) is 2.68. The number of carbonyl (C=O) groups excluding carboxylic acids is 1. The summed E-state index contributed by atoms with van der Waals surface area (Å²) in [4.78, 5) is 20.4. The fraction of sp³-hybridized carbons (Fsp3) is 0.385. The van der Waals surface area contributed by atoms with Crippen molar-refractivity contribution in [1.29, 1.82) is 0 Å². The summed E-state index contributed by atoms with van der Waals surface area (Å²) in [5.74, 6) is 0.0569. The number of nitrogens with two attached hydrogens (primary N) is 1. The summed E-state index contributed by atoms with van der Waals surface area (Å²) in [6.45, 7) is 6.33. The number of nitrogens with zero attached hydrogens (tertiary/aromatic N) is 5. The molecule has 0 radical (unpaired) electrons. The second-order valence-corrected chi connectivity index (χ2v) is 8.97. The molecule has 36 heavy (non-hydrogen) atoms. The third-order valence-corrected chi connectivity index (χ3v) is 6.31. The molecule has 1 fully saturated rings. The molecule has 3 N–H and O–H groups in total. The molecule has 2 aromatic rings. The van der Waals surface area contributed by atoms with Gasteiger partial charge in [0.25, 0.3) is 0 Å². The van der Waals surface area contributed by atoms with E-state index in [2.05, 4.69) is 39.7 Å². The number of benzene rings is 2. The zero-order valence-electron chi connectivity index (χ0n) is 20.6. The smallest absolute Gasteiger partial charge is 0.217 e. The molecule has 0 aromatic heterocycles. The first-order valence-corrected chi connectivity index (χ1v) is 12.1. The Hall–Kier alpha value is -3.95. The quantitative estimate of drug-likeness (QED) is 0.350. The van der Waals surface area contributed by atoms with Crippen LogP contribution in [0.4, 0.5) is 10.1 Å². The van der Waals surface area contributed by atoms with E-state index in [-0.39, 0.29) is 23.7 Å². The predicted molar refractivity (Wildman–Crippen MR) is 140 cm³/mol. The van der Waals surface area contributed by atoms with Gasteiger partial charge in [-0.25, -0.2) is 4.39 Å². The first kappa shape index (κ1) is 25.2. The average molecular weight is 494 g/mol.